The summed E-state index contributed by atoms with van der Waals surface area (Å²) < 4.78 is 60.1. The quantitative estimate of drug-likeness (QED) is 0.331. The number of rotatable bonds is 4. The average molecular weight is 451 g/mol. The Labute approximate surface area is 185 Å². The van der Waals surface area contributed by atoms with E-state index in [0.717, 1.165) is 19.8 Å². The second-order valence-electron chi connectivity index (χ2n) is 8.47. The zero-order valence-electron chi connectivity index (χ0n) is 17.4. The van der Waals surface area contributed by atoms with E-state index in [4.69, 9.17) is 0 Å². The van der Waals surface area contributed by atoms with Gasteiger partial charge in [-0.3, -0.25) is 14.5 Å². The highest BCUT2D eigenvalue weighted by Crippen LogP contribution is 2.43. The van der Waals surface area contributed by atoms with Crippen molar-refractivity contribution in [3.05, 3.63) is 71.8 Å². The lowest BCUT2D eigenvalue weighted by atomic mass is 10.0. The van der Waals surface area contributed by atoms with Crippen molar-refractivity contribution in [2.45, 2.75) is 31.6 Å². The molecular formula is C24H17F4N5. The van der Waals surface area contributed by atoms with Crippen molar-refractivity contribution in [3.8, 4) is 22.5 Å². The number of imidazole rings is 1. The molecule has 166 valence electrons. The van der Waals surface area contributed by atoms with Crippen molar-refractivity contribution < 1.29 is 17.6 Å². The summed E-state index contributed by atoms with van der Waals surface area (Å²) in [7, 11) is 0. The van der Waals surface area contributed by atoms with Gasteiger partial charge in [-0.2, -0.15) is 13.9 Å². The summed E-state index contributed by atoms with van der Waals surface area (Å²) in [6.07, 6.45) is 6.08. The molecule has 1 N–H and O–H groups in total. The van der Waals surface area contributed by atoms with Crippen LogP contribution in [0.1, 0.15) is 36.9 Å². The average Bonchev–Trinajstić information content (AvgIpc) is 3.37. The molecule has 0 unspecified atom stereocenters. The van der Waals surface area contributed by atoms with Crippen LogP contribution in [0.4, 0.5) is 17.6 Å². The molecule has 3 heterocycles. The van der Waals surface area contributed by atoms with Crippen LogP contribution in [0.5, 0.6) is 0 Å². The molecule has 5 aromatic rings. The molecule has 0 aliphatic heterocycles. The normalized spacial score (nSPS) is 14.5. The maximum atomic E-state index is 15.4. The van der Waals surface area contributed by atoms with Crippen molar-refractivity contribution in [2.24, 2.45) is 0 Å². The van der Waals surface area contributed by atoms with Crippen molar-refractivity contribution in [2.75, 3.05) is 0 Å². The van der Waals surface area contributed by atoms with Crippen LogP contribution in [0, 0.1) is 11.6 Å². The van der Waals surface area contributed by atoms with E-state index in [9.17, 15) is 13.2 Å². The van der Waals surface area contributed by atoms with E-state index in [1.54, 1.807) is 18.2 Å². The van der Waals surface area contributed by atoms with E-state index >= 15 is 4.39 Å². The Morgan fingerprint density at radius 2 is 1.91 bits per heavy atom. The second-order valence-corrected chi connectivity index (χ2v) is 8.47. The molecule has 0 amide bonds. The highest BCUT2D eigenvalue weighted by Gasteiger charge is 2.34. The monoisotopic (exact) mass is 451 g/mol. The first-order valence-corrected chi connectivity index (χ1v) is 10.5. The smallest absolute Gasteiger partial charge is 0.289 e. The SMILES string of the molecule is CC(F)(F)c1nc2cnc(-c3ccc(F)c(C4CC4)c3)cn2c1-c1ccc2[nH]ncc2c1F. The summed E-state index contributed by atoms with van der Waals surface area (Å²) in [4.78, 5) is 8.44. The number of hydrogen-bond donors (Lipinski definition) is 1. The van der Waals surface area contributed by atoms with E-state index in [1.807, 2.05) is 0 Å². The minimum Gasteiger partial charge on any atom is -0.296 e. The molecule has 0 spiro atoms. The van der Waals surface area contributed by atoms with Crippen LogP contribution in [0.15, 0.2) is 48.9 Å². The molecule has 3 aromatic heterocycles. The molecule has 6 rings (SSSR count). The van der Waals surface area contributed by atoms with E-state index < -0.39 is 17.4 Å². The van der Waals surface area contributed by atoms with Gasteiger partial charge in [-0.25, -0.2) is 13.8 Å². The fraction of sp³-hybridized carbons (Fsp3) is 0.208. The zero-order valence-corrected chi connectivity index (χ0v) is 17.4. The molecule has 33 heavy (non-hydrogen) atoms. The summed E-state index contributed by atoms with van der Waals surface area (Å²) in [6, 6.07) is 7.74. The van der Waals surface area contributed by atoms with Crippen LogP contribution in [-0.4, -0.2) is 24.6 Å². The standard InChI is InChI=1S/C24H17F4N5/c1-24(27,28)23-22(14-5-7-18-16(21(14)26)9-30-32-18)33-11-19(29-10-20(33)31-23)13-4-6-17(25)15(8-13)12-2-3-12/h4-12H,2-3H2,1H3,(H,30,32). The van der Waals surface area contributed by atoms with Crippen LogP contribution >= 0.6 is 0 Å². The van der Waals surface area contributed by atoms with Crippen LogP contribution < -0.4 is 0 Å². The van der Waals surface area contributed by atoms with Crippen molar-refractivity contribution in [3.63, 3.8) is 0 Å². The van der Waals surface area contributed by atoms with E-state index in [-0.39, 0.29) is 34.0 Å². The van der Waals surface area contributed by atoms with E-state index in [2.05, 4.69) is 20.2 Å². The lowest BCUT2D eigenvalue weighted by Gasteiger charge is -2.12. The largest absolute Gasteiger partial charge is 0.296 e. The number of nitrogens with one attached hydrogen (secondary N) is 1. The molecule has 2 aromatic carbocycles. The first-order chi connectivity index (χ1) is 15.8. The van der Waals surface area contributed by atoms with Crippen molar-refractivity contribution in [1.82, 2.24) is 24.6 Å². The third kappa shape index (κ3) is 3.18. The summed E-state index contributed by atoms with van der Waals surface area (Å²) in [5.41, 5.74) is 1.68. The second kappa shape index (κ2) is 6.87. The number of aromatic nitrogens is 5. The van der Waals surface area contributed by atoms with Crippen molar-refractivity contribution in [1.29, 1.82) is 0 Å². The Bertz CT molecular complexity index is 1540. The Hall–Kier alpha value is -3.75. The van der Waals surface area contributed by atoms with Gasteiger partial charge in [0.05, 0.1) is 34.7 Å². The number of benzene rings is 2. The Kier molecular flexibility index (Phi) is 4.14. The van der Waals surface area contributed by atoms with Crippen LogP contribution in [0.3, 0.4) is 0 Å². The third-order valence-electron chi connectivity index (χ3n) is 6.05. The molecule has 1 fully saturated rings. The molecule has 1 aliphatic carbocycles. The van der Waals surface area contributed by atoms with Gasteiger partial charge in [0.2, 0.25) is 0 Å². The highest BCUT2D eigenvalue weighted by molar-refractivity contribution is 5.85. The number of aromatic amines is 1. The fourth-order valence-corrected chi connectivity index (χ4v) is 4.24. The van der Waals surface area contributed by atoms with Gasteiger partial charge in [-0.15, -0.1) is 0 Å². The number of fused-ring (bicyclic) bond motifs is 2. The predicted molar refractivity (Wildman–Crippen MR) is 115 cm³/mol. The van der Waals surface area contributed by atoms with Gasteiger partial charge in [0.1, 0.15) is 17.3 Å². The number of alkyl halides is 2. The summed E-state index contributed by atoms with van der Waals surface area (Å²) in [6.45, 7) is 0.725. The Morgan fingerprint density at radius 1 is 1.09 bits per heavy atom. The highest BCUT2D eigenvalue weighted by atomic mass is 19.3. The minimum absolute atomic E-state index is 0.0251. The Balaban J connectivity index is 1.60. The number of H-pyrrole nitrogens is 1. The molecule has 9 heteroatoms. The van der Waals surface area contributed by atoms with Gasteiger partial charge in [0, 0.05) is 24.2 Å². The molecular weight excluding hydrogens is 434 g/mol. The van der Waals surface area contributed by atoms with Gasteiger partial charge in [0.15, 0.2) is 5.65 Å². The van der Waals surface area contributed by atoms with E-state index in [1.165, 1.54) is 35.1 Å². The molecule has 0 radical (unpaired) electrons. The number of nitrogens with zero attached hydrogens (tertiary/aromatic N) is 4. The molecule has 0 atom stereocenters. The minimum atomic E-state index is -3.33. The van der Waals surface area contributed by atoms with Gasteiger partial charge < -0.3 is 0 Å². The fourth-order valence-electron chi connectivity index (χ4n) is 4.24. The first kappa shape index (κ1) is 19.9. The molecule has 1 aliphatic rings. The first-order valence-electron chi connectivity index (χ1n) is 10.5. The molecule has 5 nitrogen and oxygen atoms in total. The van der Waals surface area contributed by atoms with E-state index in [0.29, 0.717) is 22.3 Å². The topological polar surface area (TPSA) is 58.9 Å². The van der Waals surface area contributed by atoms with Crippen molar-refractivity contribution >= 4 is 16.6 Å². The lowest BCUT2D eigenvalue weighted by Crippen LogP contribution is -2.10. The number of hydrogen-bond acceptors (Lipinski definition) is 3. The summed E-state index contributed by atoms with van der Waals surface area (Å²) in [5.74, 6) is -4.08. The maximum Gasteiger partial charge on any atom is 0.289 e. The van der Waals surface area contributed by atoms with Crippen LogP contribution in [0.25, 0.3) is 39.1 Å². The van der Waals surface area contributed by atoms with Crippen LogP contribution in [0.2, 0.25) is 0 Å². The zero-order chi connectivity index (χ0) is 22.9. The third-order valence-corrected chi connectivity index (χ3v) is 6.05. The summed E-state index contributed by atoms with van der Waals surface area (Å²) in [5, 5.41) is 6.69. The maximum absolute atomic E-state index is 15.4. The summed E-state index contributed by atoms with van der Waals surface area (Å²) >= 11 is 0. The Morgan fingerprint density at radius 3 is 2.67 bits per heavy atom. The van der Waals surface area contributed by atoms with Gasteiger partial charge >= 0.3 is 0 Å². The molecule has 1 saturated carbocycles. The van der Waals surface area contributed by atoms with Gasteiger partial charge in [-0.1, -0.05) is 0 Å². The number of halogens is 4. The lowest BCUT2D eigenvalue weighted by molar-refractivity contribution is 0.0139. The van der Waals surface area contributed by atoms with Crippen LogP contribution in [-0.2, 0) is 5.92 Å². The predicted octanol–water partition coefficient (Wildman–Crippen LogP) is 6.21. The van der Waals surface area contributed by atoms with Gasteiger partial charge in [-0.05, 0) is 54.7 Å². The van der Waals surface area contributed by atoms with Gasteiger partial charge in [0.25, 0.3) is 5.92 Å². The molecule has 0 bridgehead atoms. The molecule has 0 saturated heterocycles.